The number of H-pyrrole nitrogens is 1. The maximum atomic E-state index is 13.1. The first-order valence-electron chi connectivity index (χ1n) is 12.2. The highest BCUT2D eigenvalue weighted by atomic mass is 16.5. The van der Waals surface area contributed by atoms with Crippen molar-refractivity contribution in [3.63, 3.8) is 0 Å². The molecule has 2 aromatic carbocycles. The first kappa shape index (κ1) is 21.9. The monoisotopic (exact) mass is 472 g/mol. The van der Waals surface area contributed by atoms with E-state index < -0.39 is 0 Å². The average molecular weight is 473 g/mol. The molecule has 180 valence electrons. The molecule has 0 bridgehead atoms. The van der Waals surface area contributed by atoms with E-state index in [4.69, 9.17) is 9.47 Å². The quantitative estimate of drug-likeness (QED) is 0.343. The summed E-state index contributed by atoms with van der Waals surface area (Å²) in [6.45, 7) is 4.00. The maximum absolute atomic E-state index is 13.1. The summed E-state index contributed by atoms with van der Waals surface area (Å²) in [5.74, 6) is 2.69. The number of nitrogens with one attached hydrogen (secondary N) is 1. The van der Waals surface area contributed by atoms with E-state index in [-0.39, 0.29) is 11.2 Å². The smallest absolute Gasteiger partial charge is 0.328 e. The van der Waals surface area contributed by atoms with Crippen molar-refractivity contribution < 1.29 is 9.47 Å². The van der Waals surface area contributed by atoms with Gasteiger partial charge in [0.15, 0.2) is 0 Å². The zero-order chi connectivity index (χ0) is 23.9. The Morgan fingerprint density at radius 3 is 2.86 bits per heavy atom. The number of benzene rings is 2. The van der Waals surface area contributed by atoms with Gasteiger partial charge >= 0.3 is 5.69 Å². The number of fused-ring (bicyclic) bond motifs is 6. The fraction of sp³-hybridized carbons (Fsp3) is 0.370. The van der Waals surface area contributed by atoms with Gasteiger partial charge in [-0.05, 0) is 43.7 Å². The lowest BCUT2D eigenvalue weighted by Crippen LogP contribution is -2.35. The summed E-state index contributed by atoms with van der Waals surface area (Å²) in [4.78, 5) is 35.5. The van der Waals surface area contributed by atoms with Crippen LogP contribution in [0, 0.1) is 5.92 Å². The first-order chi connectivity index (χ1) is 17.1. The van der Waals surface area contributed by atoms with Gasteiger partial charge in [0.2, 0.25) is 0 Å². The molecule has 4 heterocycles. The number of aromatic amines is 1. The number of nitrogens with zero attached hydrogens (tertiary/aromatic N) is 3. The van der Waals surface area contributed by atoms with E-state index in [9.17, 15) is 9.59 Å². The third-order valence-corrected chi connectivity index (χ3v) is 7.42. The summed E-state index contributed by atoms with van der Waals surface area (Å²) >= 11 is 0. The van der Waals surface area contributed by atoms with Crippen molar-refractivity contribution in [1.82, 2.24) is 19.4 Å². The summed E-state index contributed by atoms with van der Waals surface area (Å²) < 4.78 is 12.9. The van der Waals surface area contributed by atoms with Gasteiger partial charge in [0.05, 0.1) is 30.1 Å². The van der Waals surface area contributed by atoms with Crippen LogP contribution in [0.1, 0.15) is 24.3 Å². The van der Waals surface area contributed by atoms with Crippen LogP contribution in [0.4, 0.5) is 0 Å². The zero-order valence-corrected chi connectivity index (χ0v) is 19.7. The molecule has 0 amide bonds. The molecule has 8 nitrogen and oxygen atoms in total. The second-order valence-electron chi connectivity index (χ2n) is 9.47. The van der Waals surface area contributed by atoms with E-state index in [0.717, 1.165) is 56.0 Å². The number of hydrogen-bond donors (Lipinski definition) is 1. The Bertz CT molecular complexity index is 1510. The molecule has 1 saturated heterocycles. The van der Waals surface area contributed by atoms with Gasteiger partial charge in [0, 0.05) is 48.6 Å². The summed E-state index contributed by atoms with van der Waals surface area (Å²) in [6.07, 6.45) is 3.33. The molecule has 2 aliphatic rings. The molecular formula is C27H28N4O4. The van der Waals surface area contributed by atoms with Crippen LogP contribution in [-0.4, -0.2) is 52.8 Å². The molecule has 0 unspecified atom stereocenters. The highest BCUT2D eigenvalue weighted by Gasteiger charge is 2.40. The first-order valence-corrected chi connectivity index (χ1v) is 12.2. The fourth-order valence-electron chi connectivity index (χ4n) is 5.70. The molecule has 2 atom stereocenters. The SMILES string of the molecule is COc1cccc2c1[C@@H]1CN(CCCCn3c(=O)[nH]c4c(ccc5cccnc54)c3=O)C[C@H]1CO2. The minimum atomic E-state index is -0.381. The summed E-state index contributed by atoms with van der Waals surface area (Å²) in [5.41, 5.74) is 1.69. The highest BCUT2D eigenvalue weighted by Crippen LogP contribution is 2.46. The molecule has 35 heavy (non-hydrogen) atoms. The molecule has 8 heteroatoms. The molecule has 0 aliphatic carbocycles. The number of ether oxygens (including phenoxy) is 2. The number of unbranched alkanes of at least 4 members (excludes halogenated alkanes) is 1. The molecule has 1 fully saturated rings. The van der Waals surface area contributed by atoms with E-state index in [1.54, 1.807) is 19.4 Å². The van der Waals surface area contributed by atoms with Crippen LogP contribution in [0.5, 0.6) is 11.5 Å². The number of pyridine rings is 1. The Kier molecular flexibility index (Phi) is 5.53. The number of rotatable bonds is 6. The van der Waals surface area contributed by atoms with Crippen molar-refractivity contribution in [3.8, 4) is 11.5 Å². The number of methoxy groups -OCH3 is 1. The van der Waals surface area contributed by atoms with Gasteiger partial charge in [-0.2, -0.15) is 0 Å². The zero-order valence-electron chi connectivity index (χ0n) is 19.7. The number of likely N-dealkylation sites (tertiary alicyclic amines) is 1. The fourth-order valence-corrected chi connectivity index (χ4v) is 5.70. The third kappa shape index (κ3) is 3.78. The lowest BCUT2D eigenvalue weighted by atomic mass is 9.86. The Hall–Kier alpha value is -3.65. The van der Waals surface area contributed by atoms with Crippen molar-refractivity contribution in [1.29, 1.82) is 0 Å². The Morgan fingerprint density at radius 2 is 1.97 bits per heavy atom. The number of hydrogen-bond acceptors (Lipinski definition) is 6. The second-order valence-corrected chi connectivity index (χ2v) is 9.47. The van der Waals surface area contributed by atoms with Crippen LogP contribution in [0.3, 0.4) is 0 Å². The third-order valence-electron chi connectivity index (χ3n) is 7.42. The van der Waals surface area contributed by atoms with Gasteiger partial charge in [0.25, 0.3) is 5.56 Å². The van der Waals surface area contributed by atoms with Gasteiger partial charge in [-0.1, -0.05) is 18.2 Å². The van der Waals surface area contributed by atoms with Crippen molar-refractivity contribution >= 4 is 21.8 Å². The largest absolute Gasteiger partial charge is 0.496 e. The molecule has 0 radical (unpaired) electrons. The van der Waals surface area contributed by atoms with Crippen molar-refractivity contribution in [3.05, 3.63) is 75.1 Å². The van der Waals surface area contributed by atoms with Gasteiger partial charge in [-0.3, -0.25) is 14.3 Å². The predicted octanol–water partition coefficient (Wildman–Crippen LogP) is 3.13. The Balaban J connectivity index is 1.13. The lowest BCUT2D eigenvalue weighted by Gasteiger charge is -2.29. The van der Waals surface area contributed by atoms with E-state index in [0.29, 0.717) is 34.8 Å². The van der Waals surface area contributed by atoms with Gasteiger partial charge in [-0.15, -0.1) is 0 Å². The highest BCUT2D eigenvalue weighted by molar-refractivity contribution is 6.02. The van der Waals surface area contributed by atoms with Crippen LogP contribution in [0.2, 0.25) is 0 Å². The van der Waals surface area contributed by atoms with E-state index >= 15 is 0 Å². The van der Waals surface area contributed by atoms with Gasteiger partial charge in [0.1, 0.15) is 11.5 Å². The minimum absolute atomic E-state index is 0.260. The molecule has 2 aromatic heterocycles. The van der Waals surface area contributed by atoms with Crippen LogP contribution in [0.25, 0.3) is 21.8 Å². The summed E-state index contributed by atoms with van der Waals surface area (Å²) in [6, 6.07) is 13.4. The number of aromatic nitrogens is 3. The lowest BCUT2D eigenvalue weighted by molar-refractivity contribution is 0.209. The molecule has 0 spiro atoms. The van der Waals surface area contributed by atoms with E-state index in [2.05, 4.69) is 14.9 Å². The molecule has 2 aliphatic heterocycles. The topological polar surface area (TPSA) is 89.5 Å². The summed E-state index contributed by atoms with van der Waals surface area (Å²) in [7, 11) is 1.71. The van der Waals surface area contributed by atoms with Crippen LogP contribution < -0.4 is 20.7 Å². The Morgan fingerprint density at radius 1 is 1.09 bits per heavy atom. The van der Waals surface area contributed by atoms with Crippen molar-refractivity contribution in [2.75, 3.05) is 33.4 Å². The molecular weight excluding hydrogens is 444 g/mol. The normalized spacial score (nSPS) is 19.5. The standard InChI is InChI=1S/C27H28N4O4/c1-34-21-7-4-8-22-23(21)20-15-30(14-18(20)16-35-22)12-2-3-13-31-26(32)19-10-9-17-6-5-11-28-24(17)25(19)29-27(31)33/h4-11,18,20H,2-3,12-16H2,1H3,(H,29,33)/t18-,20+/m0/s1. The van der Waals surface area contributed by atoms with Crippen molar-refractivity contribution in [2.24, 2.45) is 5.92 Å². The minimum Gasteiger partial charge on any atom is -0.496 e. The maximum Gasteiger partial charge on any atom is 0.328 e. The summed E-state index contributed by atoms with van der Waals surface area (Å²) in [5, 5.41) is 1.39. The molecule has 6 rings (SSSR count). The van der Waals surface area contributed by atoms with Crippen LogP contribution in [-0.2, 0) is 6.54 Å². The van der Waals surface area contributed by atoms with E-state index in [1.165, 1.54) is 10.1 Å². The molecule has 1 N–H and O–H groups in total. The molecule has 4 aromatic rings. The van der Waals surface area contributed by atoms with Gasteiger partial charge < -0.3 is 19.4 Å². The van der Waals surface area contributed by atoms with Gasteiger partial charge in [-0.25, -0.2) is 4.79 Å². The molecule has 0 saturated carbocycles. The van der Waals surface area contributed by atoms with Crippen LogP contribution >= 0.6 is 0 Å². The predicted molar refractivity (Wildman–Crippen MR) is 135 cm³/mol. The Labute approximate surface area is 202 Å². The second kappa shape index (κ2) is 8.85. The average Bonchev–Trinajstić information content (AvgIpc) is 3.31. The van der Waals surface area contributed by atoms with Crippen LogP contribution in [0.15, 0.2) is 58.3 Å². The van der Waals surface area contributed by atoms with E-state index in [1.807, 2.05) is 36.4 Å². The van der Waals surface area contributed by atoms with Crippen molar-refractivity contribution in [2.45, 2.75) is 25.3 Å².